The van der Waals surface area contributed by atoms with Crippen molar-refractivity contribution >= 4 is 5.91 Å². The average molecular weight is 418 g/mol. The molecule has 1 aromatic carbocycles. The molecule has 4 rings (SSSR count). The predicted molar refractivity (Wildman–Crippen MR) is 122 cm³/mol. The maximum atomic E-state index is 13.4. The highest BCUT2D eigenvalue weighted by molar-refractivity contribution is 5.95. The Morgan fingerprint density at radius 3 is 2.61 bits per heavy atom. The molecule has 1 aliphatic heterocycles. The summed E-state index contributed by atoms with van der Waals surface area (Å²) in [5, 5.41) is 4.57. The summed E-state index contributed by atoms with van der Waals surface area (Å²) in [5.41, 5.74) is 4.87. The summed E-state index contributed by atoms with van der Waals surface area (Å²) in [7, 11) is 0. The minimum Gasteiger partial charge on any atom is -0.337 e. The van der Waals surface area contributed by atoms with Gasteiger partial charge in [0, 0.05) is 38.4 Å². The molecule has 0 spiro atoms. The van der Waals surface area contributed by atoms with Crippen molar-refractivity contribution in [1.82, 2.24) is 24.6 Å². The van der Waals surface area contributed by atoms with Crippen LogP contribution in [0.15, 0.2) is 54.7 Å². The lowest BCUT2D eigenvalue weighted by Gasteiger charge is -2.22. The minimum atomic E-state index is 0.0983. The Hall–Kier alpha value is -2.99. The molecule has 31 heavy (non-hydrogen) atoms. The summed E-state index contributed by atoms with van der Waals surface area (Å²) in [6.07, 6.45) is 4.51. The Bertz CT molecular complexity index is 1010. The van der Waals surface area contributed by atoms with Crippen LogP contribution in [0.25, 0.3) is 5.69 Å². The van der Waals surface area contributed by atoms with Crippen LogP contribution in [-0.4, -0.2) is 56.7 Å². The van der Waals surface area contributed by atoms with Gasteiger partial charge in [0.05, 0.1) is 28.8 Å². The molecule has 3 heterocycles. The smallest absolute Gasteiger partial charge is 0.257 e. The van der Waals surface area contributed by atoms with Crippen molar-refractivity contribution in [3.8, 4) is 5.69 Å². The minimum absolute atomic E-state index is 0.0983. The lowest BCUT2D eigenvalue weighted by atomic mass is 10.1. The molecule has 0 saturated carbocycles. The fourth-order valence-electron chi connectivity index (χ4n) is 4.24. The van der Waals surface area contributed by atoms with Crippen LogP contribution in [0, 0.1) is 6.92 Å². The molecule has 0 aliphatic carbocycles. The van der Waals surface area contributed by atoms with Gasteiger partial charge in [0.15, 0.2) is 0 Å². The number of pyridine rings is 1. The van der Waals surface area contributed by atoms with Gasteiger partial charge in [-0.05, 0) is 44.0 Å². The second-order valence-electron chi connectivity index (χ2n) is 8.19. The molecule has 0 atom stereocenters. The number of para-hydroxylation sites is 1. The Kier molecular flexibility index (Phi) is 6.77. The molecule has 0 unspecified atom stereocenters. The van der Waals surface area contributed by atoms with Gasteiger partial charge < -0.3 is 4.90 Å². The van der Waals surface area contributed by atoms with Crippen molar-refractivity contribution in [2.45, 2.75) is 39.7 Å². The molecular formula is C25H31N5O. The number of carbonyl (C=O) groups excluding carboxylic acids is 1. The van der Waals surface area contributed by atoms with Gasteiger partial charge in [-0.3, -0.25) is 14.7 Å². The molecule has 0 radical (unpaired) electrons. The molecular weight excluding hydrogens is 386 g/mol. The molecule has 6 heteroatoms. The van der Waals surface area contributed by atoms with E-state index < -0.39 is 0 Å². The predicted octanol–water partition coefficient (Wildman–Crippen LogP) is 3.88. The van der Waals surface area contributed by atoms with Gasteiger partial charge in [0.1, 0.15) is 0 Å². The molecule has 0 N–H and O–H groups in total. The van der Waals surface area contributed by atoms with Crippen LogP contribution < -0.4 is 0 Å². The third kappa shape index (κ3) is 5.02. The Morgan fingerprint density at radius 2 is 1.84 bits per heavy atom. The summed E-state index contributed by atoms with van der Waals surface area (Å²) in [4.78, 5) is 22.5. The number of amides is 1. The number of aromatic nitrogens is 3. The molecule has 162 valence electrons. The van der Waals surface area contributed by atoms with Crippen LogP contribution in [-0.2, 0) is 13.0 Å². The lowest BCUT2D eigenvalue weighted by molar-refractivity contribution is 0.0760. The van der Waals surface area contributed by atoms with Crippen molar-refractivity contribution in [1.29, 1.82) is 0 Å². The van der Waals surface area contributed by atoms with Crippen LogP contribution in [0.3, 0.4) is 0 Å². The molecule has 0 bridgehead atoms. The molecule has 3 aromatic rings. The first-order chi connectivity index (χ1) is 15.2. The van der Waals surface area contributed by atoms with Gasteiger partial charge in [0.25, 0.3) is 5.91 Å². The number of rotatable bonds is 6. The molecule has 1 saturated heterocycles. The van der Waals surface area contributed by atoms with Crippen LogP contribution in [0.5, 0.6) is 0 Å². The molecule has 1 fully saturated rings. The van der Waals surface area contributed by atoms with Crippen molar-refractivity contribution in [3.63, 3.8) is 0 Å². The normalized spacial score (nSPS) is 15.1. The lowest BCUT2D eigenvalue weighted by Crippen LogP contribution is -2.35. The zero-order chi connectivity index (χ0) is 21.6. The third-order valence-electron chi connectivity index (χ3n) is 5.79. The van der Waals surface area contributed by atoms with Crippen LogP contribution >= 0.6 is 0 Å². The maximum Gasteiger partial charge on any atom is 0.257 e. The molecule has 1 amide bonds. The highest BCUT2D eigenvalue weighted by Gasteiger charge is 2.25. The van der Waals surface area contributed by atoms with Crippen LogP contribution in [0.2, 0.25) is 0 Å². The standard InChI is InChI=1S/C25H31N5O/c1-3-9-24-23(18-26-30(24)22-12-5-4-6-13-22)25(31)29-15-8-14-28(16-17-29)19-21-11-7-10-20(2)27-21/h4-7,10-13,18H,3,8-9,14-17,19H2,1-2H3. The zero-order valence-electron chi connectivity index (χ0n) is 18.5. The SMILES string of the molecule is CCCc1c(C(=O)N2CCCN(Cc3cccc(C)n3)CC2)cnn1-c1ccccc1. The number of hydrogen-bond donors (Lipinski definition) is 0. The third-order valence-corrected chi connectivity index (χ3v) is 5.79. The quantitative estimate of drug-likeness (QED) is 0.611. The summed E-state index contributed by atoms with van der Waals surface area (Å²) < 4.78 is 1.92. The van der Waals surface area contributed by atoms with E-state index in [4.69, 9.17) is 0 Å². The molecule has 6 nitrogen and oxygen atoms in total. The largest absolute Gasteiger partial charge is 0.337 e. The van der Waals surface area contributed by atoms with Crippen molar-refractivity contribution in [3.05, 3.63) is 77.4 Å². The van der Waals surface area contributed by atoms with Gasteiger partial charge in [0.2, 0.25) is 0 Å². The van der Waals surface area contributed by atoms with Gasteiger partial charge in [-0.15, -0.1) is 0 Å². The first kappa shape index (κ1) is 21.2. The van der Waals surface area contributed by atoms with Crippen LogP contribution in [0.4, 0.5) is 0 Å². The van der Waals surface area contributed by atoms with E-state index in [1.165, 1.54) is 0 Å². The van der Waals surface area contributed by atoms with Gasteiger partial charge >= 0.3 is 0 Å². The summed E-state index contributed by atoms with van der Waals surface area (Å²) in [6, 6.07) is 16.2. The zero-order valence-corrected chi connectivity index (χ0v) is 18.5. The van der Waals surface area contributed by atoms with Crippen molar-refractivity contribution in [2.75, 3.05) is 26.2 Å². The fraction of sp³-hybridized carbons (Fsp3) is 0.400. The van der Waals surface area contributed by atoms with Crippen LogP contribution in [0.1, 0.15) is 47.2 Å². The van der Waals surface area contributed by atoms with E-state index in [1.54, 1.807) is 6.20 Å². The van der Waals surface area contributed by atoms with Gasteiger partial charge in [-0.2, -0.15) is 5.10 Å². The van der Waals surface area contributed by atoms with Gasteiger partial charge in [-0.25, -0.2) is 4.68 Å². The van der Waals surface area contributed by atoms with E-state index >= 15 is 0 Å². The van der Waals surface area contributed by atoms with Crippen molar-refractivity contribution < 1.29 is 4.79 Å². The van der Waals surface area contributed by atoms with E-state index in [0.29, 0.717) is 0 Å². The summed E-state index contributed by atoms with van der Waals surface area (Å²) >= 11 is 0. The Morgan fingerprint density at radius 1 is 1.00 bits per heavy atom. The average Bonchev–Trinajstić information content (AvgIpc) is 3.05. The highest BCUT2D eigenvalue weighted by atomic mass is 16.2. The second kappa shape index (κ2) is 9.88. The Labute approximate surface area is 184 Å². The number of benzene rings is 1. The first-order valence-corrected chi connectivity index (χ1v) is 11.2. The fourth-order valence-corrected chi connectivity index (χ4v) is 4.24. The second-order valence-corrected chi connectivity index (χ2v) is 8.19. The summed E-state index contributed by atoms with van der Waals surface area (Å²) in [6.45, 7) is 8.33. The van der Waals surface area contributed by atoms with E-state index in [0.717, 1.165) is 80.3 Å². The molecule has 2 aromatic heterocycles. The monoisotopic (exact) mass is 417 g/mol. The maximum absolute atomic E-state index is 13.4. The van der Waals surface area contributed by atoms with E-state index in [-0.39, 0.29) is 5.91 Å². The number of hydrogen-bond acceptors (Lipinski definition) is 4. The number of aryl methyl sites for hydroxylation is 1. The van der Waals surface area contributed by atoms with E-state index in [2.05, 4.69) is 34.0 Å². The van der Waals surface area contributed by atoms with Gasteiger partial charge in [-0.1, -0.05) is 37.6 Å². The number of nitrogens with zero attached hydrogens (tertiary/aromatic N) is 5. The molecule has 1 aliphatic rings. The van der Waals surface area contributed by atoms with Crippen molar-refractivity contribution in [2.24, 2.45) is 0 Å². The number of carbonyl (C=O) groups is 1. The highest BCUT2D eigenvalue weighted by Crippen LogP contribution is 2.20. The van der Waals surface area contributed by atoms with E-state index in [9.17, 15) is 4.79 Å². The Balaban J connectivity index is 1.48. The first-order valence-electron chi connectivity index (χ1n) is 11.2. The topological polar surface area (TPSA) is 54.3 Å². The van der Waals surface area contributed by atoms with E-state index in [1.807, 2.05) is 52.9 Å². The summed E-state index contributed by atoms with van der Waals surface area (Å²) in [5.74, 6) is 0.0983.